The first-order valence-electron chi connectivity index (χ1n) is 7.05. The molecule has 3 aromatic rings. The van der Waals surface area contributed by atoms with Crippen LogP contribution in [0, 0.1) is 20.8 Å². The third-order valence-corrected chi connectivity index (χ3v) is 5.54. The molecule has 0 fully saturated rings. The van der Waals surface area contributed by atoms with Crippen LogP contribution in [0.15, 0.2) is 24.3 Å². The maximum atomic E-state index is 12.6. The molecular formula is C17H15ClN2O2S. The molecule has 0 saturated carbocycles. The average Bonchev–Trinajstić information content (AvgIpc) is 2.88. The second kappa shape index (κ2) is 5.83. The molecule has 1 aromatic carbocycles. The molecule has 1 amide bonds. The topological polar surface area (TPSA) is 62.2 Å². The standard InChI is InChI=1S/C17H15ClN2O2S/c1-8-9(2)16(19-10(3)14(8)21)20-17(22)15-13(18)11-6-4-5-7-12(11)23-15/h4-7,21H,1-3H3,(H,19,20,22). The summed E-state index contributed by atoms with van der Waals surface area (Å²) in [7, 11) is 0. The number of nitrogens with zero attached hydrogens (tertiary/aromatic N) is 1. The average molecular weight is 347 g/mol. The predicted molar refractivity (Wildman–Crippen MR) is 94.9 cm³/mol. The highest BCUT2D eigenvalue weighted by atomic mass is 35.5. The van der Waals surface area contributed by atoms with Crippen molar-refractivity contribution in [3.63, 3.8) is 0 Å². The Hall–Kier alpha value is -2.11. The van der Waals surface area contributed by atoms with E-state index in [1.165, 1.54) is 11.3 Å². The SMILES string of the molecule is Cc1nc(NC(=O)c2sc3ccccc3c2Cl)c(C)c(C)c1O. The number of hydrogen-bond acceptors (Lipinski definition) is 4. The van der Waals surface area contributed by atoms with Crippen LogP contribution in [0.25, 0.3) is 10.1 Å². The second-order valence-corrected chi connectivity index (χ2v) is 6.77. The number of halogens is 1. The van der Waals surface area contributed by atoms with Crippen LogP contribution in [0.1, 0.15) is 26.5 Å². The minimum atomic E-state index is -0.295. The van der Waals surface area contributed by atoms with Crippen molar-refractivity contribution in [2.75, 3.05) is 5.32 Å². The summed E-state index contributed by atoms with van der Waals surface area (Å²) in [6.07, 6.45) is 0. The number of aromatic hydroxyl groups is 1. The molecule has 0 bridgehead atoms. The molecule has 0 aliphatic rings. The third-order valence-electron chi connectivity index (χ3n) is 3.87. The van der Waals surface area contributed by atoms with Gasteiger partial charge in [0.15, 0.2) is 0 Å². The Labute approximate surface area is 142 Å². The smallest absolute Gasteiger partial charge is 0.268 e. The molecular weight excluding hydrogens is 332 g/mol. The van der Waals surface area contributed by atoms with Gasteiger partial charge in [0.2, 0.25) is 0 Å². The summed E-state index contributed by atoms with van der Waals surface area (Å²) in [6, 6.07) is 7.63. The van der Waals surface area contributed by atoms with E-state index >= 15 is 0 Å². The van der Waals surface area contributed by atoms with Crippen LogP contribution in [0.4, 0.5) is 5.82 Å². The van der Waals surface area contributed by atoms with E-state index in [0.717, 1.165) is 15.6 Å². The van der Waals surface area contributed by atoms with Crippen molar-refractivity contribution in [3.05, 3.63) is 51.0 Å². The molecule has 23 heavy (non-hydrogen) atoms. The van der Waals surface area contributed by atoms with Gasteiger partial charge in [0.1, 0.15) is 16.4 Å². The van der Waals surface area contributed by atoms with Crippen LogP contribution in [0.2, 0.25) is 5.02 Å². The van der Waals surface area contributed by atoms with E-state index in [1.54, 1.807) is 13.8 Å². The Bertz CT molecular complexity index is 934. The lowest BCUT2D eigenvalue weighted by Gasteiger charge is -2.12. The fraction of sp³-hybridized carbons (Fsp3) is 0.176. The lowest BCUT2D eigenvalue weighted by molar-refractivity contribution is 0.103. The molecule has 0 spiro atoms. The first kappa shape index (κ1) is 15.8. The Morgan fingerprint density at radius 3 is 2.61 bits per heavy atom. The summed E-state index contributed by atoms with van der Waals surface area (Å²) >= 11 is 7.68. The van der Waals surface area contributed by atoms with Crippen molar-refractivity contribution >= 4 is 44.7 Å². The number of aromatic nitrogens is 1. The van der Waals surface area contributed by atoms with Gasteiger partial charge >= 0.3 is 0 Å². The zero-order valence-corrected chi connectivity index (χ0v) is 14.5. The molecule has 4 nitrogen and oxygen atoms in total. The number of hydrogen-bond donors (Lipinski definition) is 2. The van der Waals surface area contributed by atoms with Gasteiger partial charge in [0.05, 0.1) is 10.7 Å². The highest BCUT2D eigenvalue weighted by Gasteiger charge is 2.19. The molecule has 2 heterocycles. The first-order chi connectivity index (χ1) is 10.9. The molecule has 0 aliphatic carbocycles. The molecule has 0 unspecified atom stereocenters. The number of benzene rings is 1. The zero-order chi connectivity index (χ0) is 16.7. The maximum absolute atomic E-state index is 12.6. The fourth-order valence-corrected chi connectivity index (χ4v) is 3.79. The van der Waals surface area contributed by atoms with E-state index in [9.17, 15) is 9.90 Å². The third kappa shape index (κ3) is 2.66. The second-order valence-electron chi connectivity index (χ2n) is 5.34. The van der Waals surface area contributed by atoms with Crippen LogP contribution < -0.4 is 5.32 Å². The van der Waals surface area contributed by atoms with Crippen LogP contribution in [0.3, 0.4) is 0 Å². The van der Waals surface area contributed by atoms with E-state index < -0.39 is 0 Å². The molecule has 0 radical (unpaired) electrons. The van der Waals surface area contributed by atoms with Crippen molar-refractivity contribution < 1.29 is 9.90 Å². The van der Waals surface area contributed by atoms with Crippen molar-refractivity contribution in [1.82, 2.24) is 4.98 Å². The van der Waals surface area contributed by atoms with Gasteiger partial charge in [-0.2, -0.15) is 0 Å². The molecule has 0 atom stereocenters. The number of rotatable bonds is 2. The fourth-order valence-electron chi connectivity index (χ4n) is 2.38. The first-order valence-corrected chi connectivity index (χ1v) is 8.24. The molecule has 6 heteroatoms. The van der Waals surface area contributed by atoms with Crippen LogP contribution in [0.5, 0.6) is 5.75 Å². The number of pyridine rings is 1. The summed E-state index contributed by atoms with van der Waals surface area (Å²) in [5, 5.41) is 14.0. The van der Waals surface area contributed by atoms with Crippen molar-refractivity contribution in [3.8, 4) is 5.75 Å². The summed E-state index contributed by atoms with van der Waals surface area (Å²) in [4.78, 5) is 17.3. The number of fused-ring (bicyclic) bond motifs is 1. The number of carbonyl (C=O) groups is 1. The van der Waals surface area contributed by atoms with Gasteiger partial charge in [-0.3, -0.25) is 4.79 Å². The van der Waals surface area contributed by atoms with E-state index in [-0.39, 0.29) is 11.7 Å². The van der Waals surface area contributed by atoms with Crippen molar-refractivity contribution in [2.24, 2.45) is 0 Å². The lowest BCUT2D eigenvalue weighted by atomic mass is 10.1. The zero-order valence-electron chi connectivity index (χ0n) is 12.9. The Kier molecular flexibility index (Phi) is 4.00. The normalized spacial score (nSPS) is 11.0. The molecule has 118 valence electrons. The molecule has 3 rings (SSSR count). The summed E-state index contributed by atoms with van der Waals surface area (Å²) in [6.45, 7) is 5.30. The molecule has 0 saturated heterocycles. The van der Waals surface area contributed by atoms with Gasteiger partial charge in [-0.25, -0.2) is 4.98 Å². The summed E-state index contributed by atoms with van der Waals surface area (Å²) in [5.74, 6) is 0.299. The van der Waals surface area contributed by atoms with Gasteiger partial charge in [-0.05, 0) is 38.0 Å². The van der Waals surface area contributed by atoms with Gasteiger partial charge in [0.25, 0.3) is 5.91 Å². The Balaban J connectivity index is 2.00. The highest BCUT2D eigenvalue weighted by Crippen LogP contribution is 2.36. The predicted octanol–water partition coefficient (Wildman–Crippen LogP) is 4.83. The van der Waals surface area contributed by atoms with E-state index in [0.29, 0.717) is 27.0 Å². The number of aryl methyl sites for hydroxylation is 1. The number of anilines is 1. The molecule has 2 N–H and O–H groups in total. The van der Waals surface area contributed by atoms with Crippen LogP contribution in [-0.4, -0.2) is 16.0 Å². The maximum Gasteiger partial charge on any atom is 0.268 e. The van der Waals surface area contributed by atoms with Gasteiger partial charge < -0.3 is 10.4 Å². The van der Waals surface area contributed by atoms with Gasteiger partial charge in [-0.15, -0.1) is 11.3 Å². The van der Waals surface area contributed by atoms with Crippen LogP contribution in [-0.2, 0) is 0 Å². The molecule has 0 aliphatic heterocycles. The largest absolute Gasteiger partial charge is 0.506 e. The Morgan fingerprint density at radius 1 is 1.22 bits per heavy atom. The Morgan fingerprint density at radius 2 is 1.91 bits per heavy atom. The minimum Gasteiger partial charge on any atom is -0.506 e. The number of amides is 1. The van der Waals surface area contributed by atoms with Crippen molar-refractivity contribution in [1.29, 1.82) is 0 Å². The van der Waals surface area contributed by atoms with E-state index in [1.807, 2.05) is 31.2 Å². The number of thiophene rings is 1. The lowest BCUT2D eigenvalue weighted by Crippen LogP contribution is -2.14. The van der Waals surface area contributed by atoms with Crippen molar-refractivity contribution in [2.45, 2.75) is 20.8 Å². The number of carbonyl (C=O) groups excluding carboxylic acids is 1. The van der Waals surface area contributed by atoms with E-state index in [4.69, 9.17) is 11.6 Å². The quantitative estimate of drug-likeness (QED) is 0.698. The summed E-state index contributed by atoms with van der Waals surface area (Å²) in [5.41, 5.74) is 1.92. The highest BCUT2D eigenvalue weighted by molar-refractivity contribution is 7.21. The summed E-state index contributed by atoms with van der Waals surface area (Å²) < 4.78 is 0.963. The molecule has 2 aromatic heterocycles. The van der Waals surface area contributed by atoms with Crippen LogP contribution >= 0.6 is 22.9 Å². The number of nitrogens with one attached hydrogen (secondary N) is 1. The van der Waals surface area contributed by atoms with E-state index in [2.05, 4.69) is 10.3 Å². The van der Waals surface area contributed by atoms with Gasteiger partial charge in [0, 0.05) is 10.1 Å². The van der Waals surface area contributed by atoms with Gasteiger partial charge in [-0.1, -0.05) is 29.8 Å². The minimum absolute atomic E-state index is 0.153. The monoisotopic (exact) mass is 346 g/mol.